The van der Waals surface area contributed by atoms with Crippen LogP contribution in [0.15, 0.2) is 65.4 Å². The van der Waals surface area contributed by atoms with Crippen molar-refractivity contribution in [3.63, 3.8) is 0 Å². The number of urea groups is 1. The standard InChI is InChI=1S/C27H32N4O7/c1-5-7-18-12-17(8-10-20(18)32)14-28-31-23(33)15-38-21-11-9-19(13-22(21)37-6-2)25-24(26(34)36-4)16(3)29-27(35)30-25/h5,8-14,23,25,31-33H,1,6-7,15H2,2-4H3,(H2,29,30,35)/b28-14-/t23-,25+/m1/s1. The molecular formula is C27H32N4O7. The van der Waals surface area contributed by atoms with E-state index >= 15 is 0 Å². The number of aliphatic hydroxyl groups is 1. The quantitative estimate of drug-likeness (QED) is 0.0935. The molecule has 1 aliphatic heterocycles. The van der Waals surface area contributed by atoms with Gasteiger partial charge in [-0.2, -0.15) is 5.10 Å². The lowest BCUT2D eigenvalue weighted by Gasteiger charge is -2.28. The molecule has 0 bridgehead atoms. The van der Waals surface area contributed by atoms with Crippen LogP contribution in [0.5, 0.6) is 17.2 Å². The number of esters is 1. The summed E-state index contributed by atoms with van der Waals surface area (Å²) in [5.74, 6) is 0.329. The highest BCUT2D eigenvalue weighted by Crippen LogP contribution is 2.34. The Morgan fingerprint density at radius 2 is 2.03 bits per heavy atom. The van der Waals surface area contributed by atoms with Gasteiger partial charge in [-0.25, -0.2) is 9.59 Å². The van der Waals surface area contributed by atoms with Gasteiger partial charge in [0.25, 0.3) is 0 Å². The summed E-state index contributed by atoms with van der Waals surface area (Å²) in [5.41, 5.74) is 5.28. The van der Waals surface area contributed by atoms with Gasteiger partial charge in [-0.3, -0.25) is 5.43 Å². The Hall–Kier alpha value is -4.51. The van der Waals surface area contributed by atoms with Crippen molar-refractivity contribution < 1.29 is 34.0 Å². The van der Waals surface area contributed by atoms with Crippen molar-refractivity contribution in [1.29, 1.82) is 0 Å². The van der Waals surface area contributed by atoms with Crippen LogP contribution < -0.4 is 25.5 Å². The van der Waals surface area contributed by atoms with Crippen LogP contribution in [0.1, 0.15) is 36.6 Å². The number of methoxy groups -OCH3 is 1. The number of rotatable bonds is 12. The maximum absolute atomic E-state index is 12.4. The first-order valence-corrected chi connectivity index (χ1v) is 11.9. The van der Waals surface area contributed by atoms with Gasteiger partial charge in [-0.1, -0.05) is 12.1 Å². The summed E-state index contributed by atoms with van der Waals surface area (Å²) in [6.45, 7) is 7.29. The van der Waals surface area contributed by atoms with Crippen LogP contribution in [0, 0.1) is 0 Å². The summed E-state index contributed by atoms with van der Waals surface area (Å²) in [6, 6.07) is 8.82. The second kappa shape index (κ2) is 13.2. The largest absolute Gasteiger partial charge is 0.508 e. The van der Waals surface area contributed by atoms with Gasteiger partial charge in [0.05, 0.1) is 31.5 Å². The summed E-state index contributed by atoms with van der Waals surface area (Å²) in [7, 11) is 1.27. The molecule has 1 aliphatic rings. The fourth-order valence-corrected chi connectivity index (χ4v) is 3.82. The number of allylic oxidation sites excluding steroid dienone is 2. The number of aliphatic hydroxyl groups excluding tert-OH is 1. The van der Waals surface area contributed by atoms with Crippen LogP contribution in [-0.2, 0) is 16.0 Å². The maximum atomic E-state index is 12.4. The van der Waals surface area contributed by atoms with E-state index in [1.54, 1.807) is 49.4 Å². The van der Waals surface area contributed by atoms with Crippen LogP contribution in [0.2, 0.25) is 0 Å². The number of nitrogens with one attached hydrogen (secondary N) is 3. The lowest BCUT2D eigenvalue weighted by atomic mass is 9.95. The lowest BCUT2D eigenvalue weighted by molar-refractivity contribution is -0.136. The fraction of sp³-hybridized carbons (Fsp3) is 0.296. The Bertz CT molecular complexity index is 1240. The van der Waals surface area contributed by atoms with Gasteiger partial charge in [0.2, 0.25) is 0 Å². The summed E-state index contributed by atoms with van der Waals surface area (Å²) in [4.78, 5) is 24.5. The third kappa shape index (κ3) is 7.04. The maximum Gasteiger partial charge on any atom is 0.337 e. The second-order valence-corrected chi connectivity index (χ2v) is 8.30. The molecular weight excluding hydrogens is 492 g/mol. The highest BCUT2D eigenvalue weighted by molar-refractivity contribution is 5.95. The zero-order valence-electron chi connectivity index (χ0n) is 21.5. The number of nitrogens with zero attached hydrogens (tertiary/aromatic N) is 1. The molecule has 38 heavy (non-hydrogen) atoms. The summed E-state index contributed by atoms with van der Waals surface area (Å²) in [6.07, 6.45) is 2.58. The highest BCUT2D eigenvalue weighted by atomic mass is 16.5. The molecule has 1 heterocycles. The van der Waals surface area contributed by atoms with E-state index in [4.69, 9.17) is 14.2 Å². The zero-order chi connectivity index (χ0) is 27.7. The third-order valence-corrected chi connectivity index (χ3v) is 5.58. The number of amides is 2. The monoisotopic (exact) mass is 524 g/mol. The number of benzene rings is 2. The summed E-state index contributed by atoms with van der Waals surface area (Å²) < 4.78 is 16.3. The number of ether oxygens (including phenoxy) is 3. The van der Waals surface area contributed by atoms with Crippen molar-refractivity contribution in [3.8, 4) is 17.2 Å². The van der Waals surface area contributed by atoms with E-state index in [9.17, 15) is 19.8 Å². The van der Waals surface area contributed by atoms with Crippen molar-refractivity contribution in [2.24, 2.45) is 5.10 Å². The van der Waals surface area contributed by atoms with Gasteiger partial charge in [0, 0.05) is 5.70 Å². The molecule has 0 spiro atoms. The van der Waals surface area contributed by atoms with Crippen LogP contribution in [0.3, 0.4) is 0 Å². The van der Waals surface area contributed by atoms with Crippen LogP contribution >= 0.6 is 0 Å². The molecule has 11 heteroatoms. The second-order valence-electron chi connectivity index (χ2n) is 8.30. The molecule has 202 valence electrons. The fourth-order valence-electron chi connectivity index (χ4n) is 3.82. The number of phenolic OH excluding ortho intramolecular Hbond substituents is 1. The van der Waals surface area contributed by atoms with Crippen LogP contribution in [0.25, 0.3) is 0 Å². The number of carbonyl (C=O) groups excluding carboxylic acids is 2. The van der Waals surface area contributed by atoms with Gasteiger partial charge < -0.3 is 35.1 Å². The normalized spacial score (nSPS) is 15.9. The van der Waals surface area contributed by atoms with E-state index in [0.717, 1.165) is 5.56 Å². The molecule has 2 aromatic carbocycles. The van der Waals surface area contributed by atoms with Gasteiger partial charge in [0.1, 0.15) is 12.4 Å². The molecule has 5 N–H and O–H groups in total. The number of hydrogen-bond acceptors (Lipinski definition) is 9. The third-order valence-electron chi connectivity index (χ3n) is 5.58. The predicted molar refractivity (Wildman–Crippen MR) is 141 cm³/mol. The minimum atomic E-state index is -1.13. The Labute approximate surface area is 220 Å². The van der Waals surface area contributed by atoms with Gasteiger partial charge in [-0.15, -0.1) is 6.58 Å². The van der Waals surface area contributed by atoms with E-state index < -0.39 is 24.3 Å². The van der Waals surface area contributed by atoms with E-state index in [0.29, 0.717) is 41.4 Å². The van der Waals surface area contributed by atoms with Crippen molar-refractivity contribution >= 4 is 18.2 Å². The summed E-state index contributed by atoms with van der Waals surface area (Å²) in [5, 5.41) is 29.5. The SMILES string of the molecule is C=CCc1cc(/C=N\N[C@H](O)COc2ccc([C@@H]3NC(=O)NC(C)=C3C(=O)OC)cc2OCC)ccc1O. The highest BCUT2D eigenvalue weighted by Gasteiger charge is 2.32. The Balaban J connectivity index is 1.69. The van der Waals surface area contributed by atoms with E-state index in [-0.39, 0.29) is 17.9 Å². The molecule has 0 fully saturated rings. The molecule has 0 aliphatic carbocycles. The van der Waals surface area contributed by atoms with E-state index in [1.807, 2.05) is 6.92 Å². The van der Waals surface area contributed by atoms with Crippen LogP contribution in [0.4, 0.5) is 4.79 Å². The predicted octanol–water partition coefficient (Wildman–Crippen LogP) is 2.64. The van der Waals surface area contributed by atoms with Crippen molar-refractivity contribution in [2.45, 2.75) is 32.5 Å². The minimum absolute atomic E-state index is 0.148. The smallest absolute Gasteiger partial charge is 0.337 e. The lowest BCUT2D eigenvalue weighted by Crippen LogP contribution is -2.45. The Morgan fingerprint density at radius 3 is 2.74 bits per heavy atom. The molecule has 3 rings (SSSR count). The molecule has 0 unspecified atom stereocenters. The van der Waals surface area contributed by atoms with E-state index in [1.165, 1.54) is 13.3 Å². The summed E-state index contributed by atoms with van der Waals surface area (Å²) >= 11 is 0. The molecule has 2 atom stereocenters. The first-order valence-electron chi connectivity index (χ1n) is 11.9. The molecule has 0 radical (unpaired) electrons. The Kier molecular flexibility index (Phi) is 9.72. The van der Waals surface area contributed by atoms with Gasteiger partial charge in [0.15, 0.2) is 17.7 Å². The topological polar surface area (TPSA) is 151 Å². The Morgan fingerprint density at radius 1 is 1.24 bits per heavy atom. The van der Waals surface area contributed by atoms with E-state index in [2.05, 4.69) is 27.7 Å². The number of phenols is 1. The molecule has 2 aromatic rings. The molecule has 2 amide bonds. The first-order chi connectivity index (χ1) is 18.3. The molecule has 0 saturated carbocycles. The van der Waals surface area contributed by atoms with Crippen LogP contribution in [-0.4, -0.2) is 55.0 Å². The average Bonchev–Trinajstić information content (AvgIpc) is 2.89. The average molecular weight is 525 g/mol. The number of hydrogen-bond donors (Lipinski definition) is 5. The molecule has 11 nitrogen and oxygen atoms in total. The molecule has 0 aromatic heterocycles. The van der Waals surface area contributed by atoms with Crippen molar-refractivity contribution in [2.75, 3.05) is 20.3 Å². The van der Waals surface area contributed by atoms with Gasteiger partial charge in [-0.05, 0) is 67.3 Å². The minimum Gasteiger partial charge on any atom is -0.508 e. The molecule has 0 saturated heterocycles. The van der Waals surface area contributed by atoms with Crippen molar-refractivity contribution in [3.05, 3.63) is 77.0 Å². The first kappa shape index (κ1) is 28.1. The number of hydrazone groups is 1. The number of carbonyl (C=O) groups is 2. The zero-order valence-corrected chi connectivity index (χ0v) is 21.5. The van der Waals surface area contributed by atoms with Gasteiger partial charge >= 0.3 is 12.0 Å². The number of aromatic hydroxyl groups is 1. The van der Waals surface area contributed by atoms with Crippen molar-refractivity contribution in [1.82, 2.24) is 16.1 Å².